The standard InChI is InChI=1S/C13H16BrF2NO2/c1-9-7-10(12(16)8-11(9)15)13(18)17(4-3-14)5-6-19-2/h7-8H,3-6H2,1-2H3. The lowest BCUT2D eigenvalue weighted by molar-refractivity contribution is 0.0704. The van der Waals surface area contributed by atoms with Gasteiger partial charge in [0.25, 0.3) is 5.91 Å². The third-order valence-corrected chi connectivity index (χ3v) is 3.04. The predicted molar refractivity (Wildman–Crippen MR) is 72.7 cm³/mol. The summed E-state index contributed by atoms with van der Waals surface area (Å²) in [5.41, 5.74) is 0.131. The summed E-state index contributed by atoms with van der Waals surface area (Å²) in [5.74, 6) is -1.96. The average Bonchev–Trinajstić information content (AvgIpc) is 2.38. The SMILES string of the molecule is COCCN(CCBr)C(=O)c1cc(C)c(F)cc1F. The van der Waals surface area contributed by atoms with Crippen LogP contribution in [0.1, 0.15) is 15.9 Å². The van der Waals surface area contributed by atoms with Gasteiger partial charge in [0.05, 0.1) is 12.2 Å². The van der Waals surface area contributed by atoms with E-state index in [9.17, 15) is 13.6 Å². The van der Waals surface area contributed by atoms with E-state index < -0.39 is 17.5 Å². The van der Waals surface area contributed by atoms with E-state index >= 15 is 0 Å². The average molecular weight is 336 g/mol. The van der Waals surface area contributed by atoms with Gasteiger partial charge in [0, 0.05) is 31.6 Å². The molecule has 0 saturated heterocycles. The lowest BCUT2D eigenvalue weighted by Crippen LogP contribution is -2.36. The van der Waals surface area contributed by atoms with E-state index in [4.69, 9.17) is 4.74 Å². The molecule has 0 aliphatic carbocycles. The molecule has 0 aliphatic rings. The van der Waals surface area contributed by atoms with E-state index in [1.165, 1.54) is 25.0 Å². The molecule has 0 fully saturated rings. The van der Waals surface area contributed by atoms with Gasteiger partial charge in [0.2, 0.25) is 0 Å². The normalized spacial score (nSPS) is 10.6. The Labute approximate surface area is 119 Å². The second-order valence-electron chi connectivity index (χ2n) is 4.06. The van der Waals surface area contributed by atoms with Crippen LogP contribution in [0.5, 0.6) is 0 Å². The molecule has 0 aromatic heterocycles. The van der Waals surface area contributed by atoms with Gasteiger partial charge in [-0.1, -0.05) is 15.9 Å². The third kappa shape index (κ3) is 4.24. The zero-order chi connectivity index (χ0) is 14.4. The Bertz CT molecular complexity index is 455. The first-order valence-electron chi connectivity index (χ1n) is 5.81. The number of halogens is 3. The van der Waals surface area contributed by atoms with Crippen LogP contribution in [-0.4, -0.2) is 42.9 Å². The first kappa shape index (κ1) is 16.0. The van der Waals surface area contributed by atoms with Crippen molar-refractivity contribution in [1.82, 2.24) is 4.90 Å². The van der Waals surface area contributed by atoms with Crippen molar-refractivity contribution in [3.8, 4) is 0 Å². The van der Waals surface area contributed by atoms with Crippen LogP contribution in [0.2, 0.25) is 0 Å². The maximum absolute atomic E-state index is 13.7. The van der Waals surface area contributed by atoms with Gasteiger partial charge in [-0.2, -0.15) is 0 Å². The second kappa shape index (κ2) is 7.55. The molecule has 0 N–H and O–H groups in total. The fraction of sp³-hybridized carbons (Fsp3) is 0.462. The Hall–Kier alpha value is -1.01. The summed E-state index contributed by atoms with van der Waals surface area (Å²) in [6.45, 7) is 2.64. The van der Waals surface area contributed by atoms with Crippen molar-refractivity contribution in [3.05, 3.63) is 34.9 Å². The van der Waals surface area contributed by atoms with Gasteiger partial charge in [0.15, 0.2) is 0 Å². The van der Waals surface area contributed by atoms with Crippen molar-refractivity contribution in [2.45, 2.75) is 6.92 Å². The minimum atomic E-state index is -0.843. The maximum Gasteiger partial charge on any atom is 0.256 e. The van der Waals surface area contributed by atoms with Crippen LogP contribution in [0.25, 0.3) is 0 Å². The van der Waals surface area contributed by atoms with Crippen molar-refractivity contribution >= 4 is 21.8 Å². The molecule has 1 rings (SSSR count). The molecule has 1 amide bonds. The highest BCUT2D eigenvalue weighted by molar-refractivity contribution is 9.09. The summed E-state index contributed by atoms with van der Waals surface area (Å²) in [5, 5.41) is 0.574. The predicted octanol–water partition coefficient (Wildman–Crippen LogP) is 2.76. The lowest BCUT2D eigenvalue weighted by Gasteiger charge is -2.22. The van der Waals surface area contributed by atoms with Crippen molar-refractivity contribution in [1.29, 1.82) is 0 Å². The number of carbonyl (C=O) groups is 1. The number of alkyl halides is 1. The number of nitrogens with zero attached hydrogens (tertiary/aromatic N) is 1. The second-order valence-corrected chi connectivity index (χ2v) is 4.85. The number of hydrogen-bond donors (Lipinski definition) is 0. The van der Waals surface area contributed by atoms with Crippen molar-refractivity contribution in [2.24, 2.45) is 0 Å². The number of hydrogen-bond acceptors (Lipinski definition) is 2. The molecule has 0 unspecified atom stereocenters. The van der Waals surface area contributed by atoms with Crippen molar-refractivity contribution in [3.63, 3.8) is 0 Å². The molecule has 19 heavy (non-hydrogen) atoms. The molecule has 0 atom stereocenters. The first-order chi connectivity index (χ1) is 9.01. The summed E-state index contributed by atoms with van der Waals surface area (Å²) in [4.78, 5) is 13.7. The van der Waals surface area contributed by atoms with Crippen LogP contribution < -0.4 is 0 Å². The van der Waals surface area contributed by atoms with Crippen molar-refractivity contribution < 1.29 is 18.3 Å². The van der Waals surface area contributed by atoms with Crippen LogP contribution in [-0.2, 0) is 4.74 Å². The number of carbonyl (C=O) groups excluding carboxylic acids is 1. The summed E-state index contributed by atoms with van der Waals surface area (Å²) < 4.78 is 31.8. The molecule has 106 valence electrons. The zero-order valence-electron chi connectivity index (χ0n) is 10.9. The molecule has 0 saturated carbocycles. The van der Waals surface area contributed by atoms with Crippen LogP contribution >= 0.6 is 15.9 Å². The summed E-state index contributed by atoms with van der Waals surface area (Å²) in [7, 11) is 1.53. The molecule has 0 spiro atoms. The number of amides is 1. The van der Waals surface area contributed by atoms with Gasteiger partial charge < -0.3 is 9.64 Å². The topological polar surface area (TPSA) is 29.5 Å². The highest BCUT2D eigenvalue weighted by atomic mass is 79.9. The minimum Gasteiger partial charge on any atom is -0.383 e. The Morgan fingerprint density at radius 1 is 1.32 bits per heavy atom. The largest absolute Gasteiger partial charge is 0.383 e. The van der Waals surface area contributed by atoms with Gasteiger partial charge in [-0.3, -0.25) is 4.79 Å². The number of benzene rings is 1. The molecule has 1 aromatic rings. The number of ether oxygens (including phenoxy) is 1. The van der Waals surface area contributed by atoms with E-state index in [1.807, 2.05) is 0 Å². The Morgan fingerprint density at radius 3 is 2.58 bits per heavy atom. The summed E-state index contributed by atoms with van der Waals surface area (Å²) >= 11 is 3.24. The van der Waals surface area contributed by atoms with E-state index in [2.05, 4.69) is 15.9 Å². The van der Waals surface area contributed by atoms with Crippen LogP contribution in [0.3, 0.4) is 0 Å². The molecule has 0 heterocycles. The molecule has 0 bridgehead atoms. The third-order valence-electron chi connectivity index (χ3n) is 2.69. The highest BCUT2D eigenvalue weighted by Crippen LogP contribution is 2.16. The summed E-state index contributed by atoms with van der Waals surface area (Å²) in [6.07, 6.45) is 0. The van der Waals surface area contributed by atoms with Gasteiger partial charge in [0.1, 0.15) is 11.6 Å². The Kier molecular flexibility index (Phi) is 6.37. The van der Waals surface area contributed by atoms with E-state index in [1.54, 1.807) is 0 Å². The van der Waals surface area contributed by atoms with Crippen LogP contribution in [0, 0.1) is 18.6 Å². The van der Waals surface area contributed by atoms with Gasteiger partial charge >= 0.3 is 0 Å². The highest BCUT2D eigenvalue weighted by Gasteiger charge is 2.20. The van der Waals surface area contributed by atoms with Gasteiger partial charge in [-0.15, -0.1) is 0 Å². The Balaban J connectivity index is 2.98. The van der Waals surface area contributed by atoms with Crippen LogP contribution in [0.4, 0.5) is 8.78 Å². The number of rotatable bonds is 6. The molecule has 1 aromatic carbocycles. The molecule has 3 nitrogen and oxygen atoms in total. The minimum absolute atomic E-state index is 0.115. The van der Waals surface area contributed by atoms with E-state index in [-0.39, 0.29) is 11.1 Å². The smallest absolute Gasteiger partial charge is 0.256 e. The molecule has 6 heteroatoms. The molecule has 0 radical (unpaired) electrons. The molecule has 0 aliphatic heterocycles. The van der Waals surface area contributed by atoms with Gasteiger partial charge in [-0.05, 0) is 18.6 Å². The maximum atomic E-state index is 13.7. The molecular weight excluding hydrogens is 320 g/mol. The monoisotopic (exact) mass is 335 g/mol. The Morgan fingerprint density at radius 2 is 2.00 bits per heavy atom. The summed E-state index contributed by atoms with van der Waals surface area (Å²) in [6, 6.07) is 1.98. The van der Waals surface area contributed by atoms with E-state index in [0.717, 1.165) is 6.07 Å². The zero-order valence-corrected chi connectivity index (χ0v) is 12.5. The van der Waals surface area contributed by atoms with E-state index in [0.29, 0.717) is 25.0 Å². The fourth-order valence-electron chi connectivity index (χ4n) is 1.61. The lowest BCUT2D eigenvalue weighted by atomic mass is 10.1. The van der Waals surface area contributed by atoms with Crippen molar-refractivity contribution in [2.75, 3.05) is 32.1 Å². The fourth-order valence-corrected chi connectivity index (χ4v) is 2.04. The van der Waals surface area contributed by atoms with Gasteiger partial charge in [-0.25, -0.2) is 8.78 Å². The number of aryl methyl sites for hydroxylation is 1. The molecular formula is C13H16BrF2NO2. The number of methoxy groups -OCH3 is 1. The van der Waals surface area contributed by atoms with Crippen LogP contribution in [0.15, 0.2) is 12.1 Å². The first-order valence-corrected chi connectivity index (χ1v) is 6.93. The quantitative estimate of drug-likeness (QED) is 0.748.